The molecule has 0 saturated heterocycles. The number of nitrogens with one attached hydrogen (secondary N) is 1. The van der Waals surface area contributed by atoms with Crippen molar-refractivity contribution >= 4 is 11.6 Å². The second-order valence-corrected chi connectivity index (χ2v) is 6.23. The van der Waals surface area contributed by atoms with Crippen LogP contribution in [0.1, 0.15) is 12.5 Å². The van der Waals surface area contributed by atoms with Gasteiger partial charge in [-0.3, -0.25) is 9.59 Å². The Bertz CT molecular complexity index is 1110. The minimum atomic E-state index is -4.54. The first-order chi connectivity index (χ1) is 14.1. The Kier molecular flexibility index (Phi) is 5.86. The number of carbonyl (C=O) groups is 1. The van der Waals surface area contributed by atoms with E-state index in [9.17, 15) is 27.2 Å². The summed E-state index contributed by atoms with van der Waals surface area (Å²) in [6.07, 6.45) is -5.67. The van der Waals surface area contributed by atoms with E-state index < -0.39 is 35.1 Å². The zero-order valence-corrected chi connectivity index (χ0v) is 15.5. The van der Waals surface area contributed by atoms with Gasteiger partial charge >= 0.3 is 6.18 Å². The van der Waals surface area contributed by atoms with Crippen molar-refractivity contribution in [2.45, 2.75) is 19.2 Å². The highest BCUT2D eigenvalue weighted by molar-refractivity contribution is 5.94. The van der Waals surface area contributed by atoms with Crippen LogP contribution >= 0.6 is 0 Å². The molecule has 0 unspecified atom stereocenters. The largest absolute Gasteiger partial charge is 0.463 e. The van der Waals surface area contributed by atoms with Gasteiger partial charge in [0.25, 0.3) is 11.5 Å². The molecule has 0 aliphatic heterocycles. The molecule has 2 aromatic carbocycles. The number of aromatic nitrogens is 2. The highest BCUT2D eigenvalue weighted by atomic mass is 19.4. The van der Waals surface area contributed by atoms with Crippen molar-refractivity contribution in [3.8, 4) is 11.6 Å². The molecule has 156 valence electrons. The number of ether oxygens (including phenoxy) is 1. The summed E-state index contributed by atoms with van der Waals surface area (Å²) in [7, 11) is 0. The molecule has 1 atom stereocenters. The van der Waals surface area contributed by atoms with E-state index in [2.05, 4.69) is 10.4 Å². The van der Waals surface area contributed by atoms with Crippen molar-refractivity contribution in [3.05, 3.63) is 82.4 Å². The van der Waals surface area contributed by atoms with Crippen LogP contribution < -0.4 is 15.6 Å². The predicted octanol–water partition coefficient (Wildman–Crippen LogP) is 3.80. The molecule has 3 aromatic rings. The zero-order chi connectivity index (χ0) is 21.9. The third kappa shape index (κ3) is 5.02. The molecule has 1 heterocycles. The molecular formula is C20H15F4N3O3. The number of benzene rings is 2. The van der Waals surface area contributed by atoms with Crippen LogP contribution in [0.15, 0.2) is 65.5 Å². The van der Waals surface area contributed by atoms with E-state index in [0.29, 0.717) is 0 Å². The van der Waals surface area contributed by atoms with Gasteiger partial charge in [-0.1, -0.05) is 6.07 Å². The molecule has 0 radical (unpaired) electrons. The van der Waals surface area contributed by atoms with E-state index in [0.717, 1.165) is 35.0 Å². The fourth-order valence-corrected chi connectivity index (χ4v) is 2.48. The van der Waals surface area contributed by atoms with Crippen LogP contribution in [0.3, 0.4) is 0 Å². The lowest BCUT2D eigenvalue weighted by Crippen LogP contribution is -2.31. The van der Waals surface area contributed by atoms with Crippen molar-refractivity contribution in [1.29, 1.82) is 0 Å². The normalized spacial score (nSPS) is 12.3. The van der Waals surface area contributed by atoms with E-state index in [1.165, 1.54) is 37.3 Å². The van der Waals surface area contributed by atoms with E-state index in [1.54, 1.807) is 0 Å². The van der Waals surface area contributed by atoms with Crippen molar-refractivity contribution in [2.75, 3.05) is 5.32 Å². The third-order valence-corrected chi connectivity index (χ3v) is 3.97. The Morgan fingerprint density at radius 2 is 1.80 bits per heavy atom. The predicted molar refractivity (Wildman–Crippen MR) is 100.0 cm³/mol. The van der Waals surface area contributed by atoms with Crippen LogP contribution in [0.4, 0.5) is 23.2 Å². The highest BCUT2D eigenvalue weighted by Gasteiger charge is 2.30. The first-order valence-electron chi connectivity index (χ1n) is 8.64. The zero-order valence-electron chi connectivity index (χ0n) is 15.5. The molecule has 10 heteroatoms. The number of hydrogen-bond acceptors (Lipinski definition) is 4. The maximum Gasteiger partial charge on any atom is 0.416 e. The Morgan fingerprint density at radius 1 is 1.10 bits per heavy atom. The lowest BCUT2D eigenvalue weighted by atomic mass is 10.2. The number of nitrogens with zero attached hydrogens (tertiary/aromatic N) is 2. The number of hydrogen-bond donors (Lipinski definition) is 1. The van der Waals surface area contributed by atoms with Gasteiger partial charge in [0.05, 0.1) is 11.3 Å². The minimum absolute atomic E-state index is 0.0467. The van der Waals surface area contributed by atoms with Gasteiger partial charge in [0.1, 0.15) is 5.82 Å². The molecule has 6 nitrogen and oxygen atoms in total. The molecule has 0 spiro atoms. The highest BCUT2D eigenvalue weighted by Crippen LogP contribution is 2.30. The average molecular weight is 421 g/mol. The second-order valence-electron chi connectivity index (χ2n) is 6.23. The number of anilines is 1. The van der Waals surface area contributed by atoms with Gasteiger partial charge in [0.15, 0.2) is 6.10 Å². The first kappa shape index (κ1) is 21.0. The molecule has 1 amide bonds. The Hall–Kier alpha value is -3.69. The van der Waals surface area contributed by atoms with Crippen molar-refractivity contribution in [1.82, 2.24) is 9.78 Å². The maximum atomic E-state index is 13.1. The number of carbonyl (C=O) groups excluding carboxylic acids is 1. The topological polar surface area (TPSA) is 73.2 Å². The number of amides is 1. The van der Waals surface area contributed by atoms with Crippen LogP contribution in [0.2, 0.25) is 0 Å². The number of halogens is 4. The van der Waals surface area contributed by atoms with E-state index in [1.807, 2.05) is 0 Å². The summed E-state index contributed by atoms with van der Waals surface area (Å²) in [5, 5.41) is 6.32. The Labute approximate surface area is 167 Å². The molecule has 1 N–H and O–H groups in total. The monoisotopic (exact) mass is 421 g/mol. The first-order valence-corrected chi connectivity index (χ1v) is 8.64. The standard InChI is InChI=1S/C20H15F4N3O3/c1-12(19(29)25-15-4-2-3-13(11-15)20(22,23)24)30-17-9-10-18(28)27(26-17)16-7-5-14(21)6-8-16/h2-12H,1H3,(H,25,29)/t12-/m0/s1. The summed E-state index contributed by atoms with van der Waals surface area (Å²) in [5.41, 5.74) is -1.17. The number of alkyl halides is 3. The molecule has 30 heavy (non-hydrogen) atoms. The van der Waals surface area contributed by atoms with Crippen LogP contribution in [0, 0.1) is 5.82 Å². The van der Waals surface area contributed by atoms with Crippen LogP contribution in [0.5, 0.6) is 5.88 Å². The van der Waals surface area contributed by atoms with E-state index in [4.69, 9.17) is 4.74 Å². The summed E-state index contributed by atoms with van der Waals surface area (Å²) >= 11 is 0. The van der Waals surface area contributed by atoms with Crippen LogP contribution in [0.25, 0.3) is 5.69 Å². The van der Waals surface area contributed by atoms with Gasteiger partial charge in [-0.2, -0.15) is 17.9 Å². The molecule has 0 aliphatic carbocycles. The molecule has 0 saturated carbocycles. The third-order valence-electron chi connectivity index (χ3n) is 3.97. The molecule has 0 aliphatic rings. The van der Waals surface area contributed by atoms with Crippen molar-refractivity contribution in [2.24, 2.45) is 0 Å². The minimum Gasteiger partial charge on any atom is -0.463 e. The molecular weight excluding hydrogens is 406 g/mol. The van der Waals surface area contributed by atoms with Gasteiger partial charge in [0, 0.05) is 17.8 Å². The molecule has 3 rings (SSSR count). The summed E-state index contributed by atoms with van der Waals surface area (Å²) in [5.74, 6) is -1.28. The lowest BCUT2D eigenvalue weighted by Gasteiger charge is -2.15. The van der Waals surface area contributed by atoms with Crippen molar-refractivity contribution in [3.63, 3.8) is 0 Å². The average Bonchev–Trinajstić information content (AvgIpc) is 2.69. The summed E-state index contributed by atoms with van der Waals surface area (Å²) in [6.45, 7) is 1.37. The Balaban J connectivity index is 1.73. The number of rotatable bonds is 5. The smallest absolute Gasteiger partial charge is 0.416 e. The quantitative estimate of drug-likeness (QED) is 0.637. The van der Waals surface area contributed by atoms with Crippen LogP contribution in [-0.4, -0.2) is 21.8 Å². The van der Waals surface area contributed by atoms with E-state index >= 15 is 0 Å². The molecule has 0 bridgehead atoms. The van der Waals surface area contributed by atoms with Crippen molar-refractivity contribution < 1.29 is 27.1 Å². The molecule has 1 aromatic heterocycles. The summed E-state index contributed by atoms with van der Waals surface area (Å²) in [6, 6.07) is 11.6. The summed E-state index contributed by atoms with van der Waals surface area (Å²) in [4.78, 5) is 24.3. The summed E-state index contributed by atoms with van der Waals surface area (Å²) < 4.78 is 57.8. The van der Waals surface area contributed by atoms with Gasteiger partial charge in [-0.05, 0) is 49.4 Å². The lowest BCUT2D eigenvalue weighted by molar-refractivity contribution is -0.137. The Morgan fingerprint density at radius 3 is 2.47 bits per heavy atom. The van der Waals surface area contributed by atoms with Gasteiger partial charge in [0.2, 0.25) is 5.88 Å². The second kappa shape index (κ2) is 8.36. The van der Waals surface area contributed by atoms with E-state index in [-0.39, 0.29) is 17.3 Å². The van der Waals surface area contributed by atoms with Gasteiger partial charge < -0.3 is 10.1 Å². The van der Waals surface area contributed by atoms with Gasteiger partial charge in [-0.15, -0.1) is 5.10 Å². The fourth-order valence-electron chi connectivity index (χ4n) is 2.48. The maximum absolute atomic E-state index is 13.1. The van der Waals surface area contributed by atoms with Crippen LogP contribution in [-0.2, 0) is 11.0 Å². The molecule has 0 fully saturated rings. The van der Waals surface area contributed by atoms with Gasteiger partial charge in [-0.25, -0.2) is 4.39 Å². The SMILES string of the molecule is C[C@H](Oc1ccc(=O)n(-c2ccc(F)cc2)n1)C(=O)Nc1cccc(C(F)(F)F)c1. The fraction of sp³-hybridized carbons (Fsp3) is 0.150.